The lowest BCUT2D eigenvalue weighted by molar-refractivity contribution is -0.124. The van der Waals surface area contributed by atoms with Crippen molar-refractivity contribution in [3.05, 3.63) is 23.2 Å². The average Bonchev–Trinajstić information content (AvgIpc) is 2.39. The van der Waals surface area contributed by atoms with E-state index < -0.39 is 5.25 Å². The van der Waals surface area contributed by atoms with Crippen molar-refractivity contribution in [1.29, 1.82) is 0 Å². The molecule has 1 aliphatic rings. The highest BCUT2D eigenvalue weighted by Crippen LogP contribution is 2.38. The minimum Gasteiger partial charge on any atom is -0.356 e. The van der Waals surface area contributed by atoms with E-state index in [9.17, 15) is 9.59 Å². The number of fused-ring (bicyclic) bond motifs is 1. The molecule has 2 rings (SSSR count). The van der Waals surface area contributed by atoms with Gasteiger partial charge in [0.1, 0.15) is 0 Å². The molecule has 0 unspecified atom stereocenters. The molecule has 1 aliphatic heterocycles. The third-order valence-corrected chi connectivity index (χ3v) is 4.69. The number of benzene rings is 1. The first-order chi connectivity index (χ1) is 9.95. The molecule has 0 spiro atoms. The van der Waals surface area contributed by atoms with E-state index in [4.69, 9.17) is 11.6 Å². The van der Waals surface area contributed by atoms with E-state index in [2.05, 4.69) is 24.5 Å². The molecular weight excluding hydrogens is 308 g/mol. The predicted molar refractivity (Wildman–Crippen MR) is 86.8 cm³/mol. The van der Waals surface area contributed by atoms with E-state index in [1.54, 1.807) is 12.1 Å². The van der Waals surface area contributed by atoms with Gasteiger partial charge in [0.15, 0.2) is 0 Å². The predicted octanol–water partition coefficient (Wildman–Crippen LogP) is 3.31. The van der Waals surface area contributed by atoms with Crippen molar-refractivity contribution >= 4 is 40.9 Å². The third kappa shape index (κ3) is 4.64. The van der Waals surface area contributed by atoms with Crippen LogP contribution in [0.5, 0.6) is 0 Å². The summed E-state index contributed by atoms with van der Waals surface area (Å²) in [5.41, 5.74) is 0.717. The Kier molecular flexibility index (Phi) is 5.53. The van der Waals surface area contributed by atoms with Gasteiger partial charge in [0, 0.05) is 22.9 Å². The van der Waals surface area contributed by atoms with Crippen LogP contribution >= 0.6 is 23.4 Å². The smallest absolute Gasteiger partial charge is 0.238 e. The highest BCUT2D eigenvalue weighted by Gasteiger charge is 2.28. The number of amides is 2. The summed E-state index contributed by atoms with van der Waals surface area (Å²) in [4.78, 5) is 24.9. The van der Waals surface area contributed by atoms with Crippen molar-refractivity contribution in [1.82, 2.24) is 5.32 Å². The van der Waals surface area contributed by atoms with Crippen LogP contribution in [-0.2, 0) is 9.59 Å². The van der Waals surface area contributed by atoms with Gasteiger partial charge in [-0.2, -0.15) is 0 Å². The third-order valence-electron chi connectivity index (χ3n) is 3.18. The van der Waals surface area contributed by atoms with Crippen molar-refractivity contribution in [3.8, 4) is 0 Å². The molecule has 114 valence electrons. The second-order valence-corrected chi connectivity index (χ2v) is 7.15. The van der Waals surface area contributed by atoms with Gasteiger partial charge in [-0.25, -0.2) is 0 Å². The highest BCUT2D eigenvalue weighted by atomic mass is 35.5. The van der Waals surface area contributed by atoms with Crippen LogP contribution < -0.4 is 10.6 Å². The second kappa shape index (κ2) is 7.18. The molecule has 0 saturated carbocycles. The fraction of sp³-hybridized carbons (Fsp3) is 0.467. The Balaban J connectivity index is 1.91. The number of rotatable bonds is 5. The van der Waals surface area contributed by atoms with E-state index in [1.807, 2.05) is 6.07 Å². The fourth-order valence-electron chi connectivity index (χ4n) is 2.00. The molecule has 0 radical (unpaired) electrons. The normalized spacial score (nSPS) is 17.3. The number of hydrogen-bond acceptors (Lipinski definition) is 3. The lowest BCUT2D eigenvalue weighted by atomic mass is 10.1. The molecule has 1 aromatic carbocycles. The van der Waals surface area contributed by atoms with E-state index in [0.717, 1.165) is 11.3 Å². The summed E-state index contributed by atoms with van der Waals surface area (Å²) in [6.45, 7) is 4.87. The molecule has 0 aliphatic carbocycles. The van der Waals surface area contributed by atoms with Crippen molar-refractivity contribution in [3.63, 3.8) is 0 Å². The molecule has 4 nitrogen and oxygen atoms in total. The van der Waals surface area contributed by atoms with Crippen LogP contribution in [0.1, 0.15) is 26.7 Å². The van der Waals surface area contributed by atoms with E-state index in [0.29, 0.717) is 23.2 Å². The van der Waals surface area contributed by atoms with Crippen molar-refractivity contribution < 1.29 is 9.59 Å². The Bertz CT molecular complexity index is 548. The minimum atomic E-state index is -0.391. The van der Waals surface area contributed by atoms with Crippen LogP contribution in [0.25, 0.3) is 0 Å². The van der Waals surface area contributed by atoms with Crippen LogP contribution in [0, 0.1) is 5.92 Å². The number of nitrogens with one attached hydrogen (secondary N) is 2. The Morgan fingerprint density at radius 2 is 2.24 bits per heavy atom. The summed E-state index contributed by atoms with van der Waals surface area (Å²) in [7, 11) is 0. The van der Waals surface area contributed by atoms with Gasteiger partial charge in [-0.15, -0.1) is 11.8 Å². The van der Waals surface area contributed by atoms with Gasteiger partial charge < -0.3 is 10.6 Å². The number of hydrogen-bond donors (Lipinski definition) is 2. The zero-order valence-corrected chi connectivity index (χ0v) is 13.7. The molecule has 0 fully saturated rings. The molecule has 1 aromatic rings. The van der Waals surface area contributed by atoms with E-state index in [1.165, 1.54) is 11.8 Å². The number of carbonyl (C=O) groups is 2. The molecule has 2 amide bonds. The maximum atomic E-state index is 12.0. The Labute approximate surface area is 134 Å². The number of carbonyl (C=O) groups excluding carboxylic acids is 2. The monoisotopic (exact) mass is 326 g/mol. The van der Waals surface area contributed by atoms with Gasteiger partial charge in [-0.1, -0.05) is 25.4 Å². The first-order valence-electron chi connectivity index (χ1n) is 6.99. The molecule has 2 N–H and O–H groups in total. The largest absolute Gasteiger partial charge is 0.356 e. The van der Waals surface area contributed by atoms with Gasteiger partial charge in [-0.05, 0) is 30.5 Å². The number of halogens is 1. The standard InChI is InChI=1S/C15H19ClN2O2S/c1-9(2)5-6-17-14(19)8-13-15(20)18-11-7-10(16)3-4-12(11)21-13/h3-4,7,9,13H,5-6,8H2,1-2H3,(H,17,19)(H,18,20)/t13-/m1/s1. The Morgan fingerprint density at radius 3 is 2.95 bits per heavy atom. The van der Waals surface area contributed by atoms with Gasteiger partial charge in [0.2, 0.25) is 11.8 Å². The summed E-state index contributed by atoms with van der Waals surface area (Å²) >= 11 is 7.31. The van der Waals surface area contributed by atoms with Crippen molar-refractivity contribution in [2.75, 3.05) is 11.9 Å². The fourth-order valence-corrected chi connectivity index (χ4v) is 3.26. The van der Waals surface area contributed by atoms with Gasteiger partial charge in [0.05, 0.1) is 10.9 Å². The average molecular weight is 327 g/mol. The van der Waals surface area contributed by atoms with Crippen LogP contribution in [0.2, 0.25) is 5.02 Å². The zero-order chi connectivity index (χ0) is 15.4. The highest BCUT2D eigenvalue weighted by molar-refractivity contribution is 8.01. The van der Waals surface area contributed by atoms with Crippen LogP contribution in [0.15, 0.2) is 23.1 Å². The molecule has 0 aromatic heterocycles. The summed E-state index contributed by atoms with van der Waals surface area (Å²) in [5.74, 6) is 0.323. The SMILES string of the molecule is CC(C)CCNC(=O)C[C@H]1Sc2ccc(Cl)cc2NC1=O. The van der Waals surface area contributed by atoms with Gasteiger partial charge in [0.25, 0.3) is 0 Å². The topological polar surface area (TPSA) is 58.2 Å². The van der Waals surface area contributed by atoms with Gasteiger partial charge in [-0.3, -0.25) is 9.59 Å². The second-order valence-electron chi connectivity index (χ2n) is 5.47. The van der Waals surface area contributed by atoms with Crippen LogP contribution in [0.3, 0.4) is 0 Å². The summed E-state index contributed by atoms with van der Waals surface area (Å²) in [5, 5.41) is 5.86. The van der Waals surface area contributed by atoms with Crippen LogP contribution in [-0.4, -0.2) is 23.6 Å². The summed E-state index contributed by atoms with van der Waals surface area (Å²) in [6, 6.07) is 5.37. The Morgan fingerprint density at radius 1 is 1.48 bits per heavy atom. The van der Waals surface area contributed by atoms with Gasteiger partial charge >= 0.3 is 0 Å². The number of thioether (sulfide) groups is 1. The molecule has 1 heterocycles. The summed E-state index contributed by atoms with van der Waals surface area (Å²) in [6.07, 6.45) is 1.13. The molecule has 0 bridgehead atoms. The van der Waals surface area contributed by atoms with E-state index in [-0.39, 0.29) is 18.2 Å². The maximum Gasteiger partial charge on any atom is 0.238 e. The molecular formula is C15H19ClN2O2S. The van der Waals surface area contributed by atoms with Crippen molar-refractivity contribution in [2.45, 2.75) is 36.8 Å². The Hall–Kier alpha value is -1.20. The maximum absolute atomic E-state index is 12.0. The molecule has 1 atom stereocenters. The number of anilines is 1. The quantitative estimate of drug-likeness (QED) is 0.872. The minimum absolute atomic E-state index is 0.0827. The summed E-state index contributed by atoms with van der Waals surface area (Å²) < 4.78 is 0. The van der Waals surface area contributed by atoms with Crippen LogP contribution in [0.4, 0.5) is 5.69 Å². The first kappa shape index (κ1) is 16.2. The molecule has 0 saturated heterocycles. The molecule has 6 heteroatoms. The molecule has 21 heavy (non-hydrogen) atoms. The van der Waals surface area contributed by atoms with E-state index >= 15 is 0 Å². The lowest BCUT2D eigenvalue weighted by Gasteiger charge is -2.23. The first-order valence-corrected chi connectivity index (χ1v) is 8.25. The van der Waals surface area contributed by atoms with Crippen molar-refractivity contribution in [2.24, 2.45) is 5.92 Å². The zero-order valence-electron chi connectivity index (χ0n) is 12.1. The lowest BCUT2D eigenvalue weighted by Crippen LogP contribution is -2.35.